The van der Waals surface area contributed by atoms with E-state index >= 15 is 0 Å². The van der Waals surface area contributed by atoms with Crippen molar-refractivity contribution in [2.75, 3.05) is 11.4 Å². The Labute approximate surface area is 107 Å². The maximum atomic E-state index is 11.6. The number of β-amino-alcohol motifs (C(OH)–C–C–N with tert-alkyl or cyclic N) is 1. The van der Waals surface area contributed by atoms with Gasteiger partial charge in [0.05, 0.1) is 19.1 Å². The Kier molecular flexibility index (Phi) is 3.06. The molecule has 1 amide bonds. The molecule has 1 unspecified atom stereocenters. The first-order valence-corrected chi connectivity index (χ1v) is 6.53. The zero-order valence-corrected chi connectivity index (χ0v) is 10.3. The standard InChI is InChI=1S/C14H18N2O2/c17-13-7-14(18)16(9-13)12-5-1-10(2-6-12)8-15-11-3-4-11/h1-2,5-6,11,13,15,17H,3-4,7-9H2. The quantitative estimate of drug-likeness (QED) is 0.834. The van der Waals surface area contributed by atoms with Crippen LogP contribution in [0.2, 0.25) is 0 Å². The minimum atomic E-state index is -0.520. The molecule has 1 aliphatic heterocycles. The Morgan fingerprint density at radius 3 is 2.56 bits per heavy atom. The molecular weight excluding hydrogens is 228 g/mol. The van der Waals surface area contributed by atoms with Crippen LogP contribution in [-0.2, 0) is 11.3 Å². The number of nitrogens with zero attached hydrogens (tertiary/aromatic N) is 1. The third-order valence-electron chi connectivity index (χ3n) is 3.52. The van der Waals surface area contributed by atoms with Gasteiger partial charge in [-0.25, -0.2) is 0 Å². The molecule has 0 radical (unpaired) electrons. The summed E-state index contributed by atoms with van der Waals surface area (Å²) in [6, 6.07) is 8.71. The van der Waals surface area contributed by atoms with E-state index in [4.69, 9.17) is 0 Å². The van der Waals surface area contributed by atoms with Crippen LogP contribution >= 0.6 is 0 Å². The molecule has 0 spiro atoms. The molecule has 1 heterocycles. The number of benzene rings is 1. The van der Waals surface area contributed by atoms with E-state index in [1.54, 1.807) is 4.90 Å². The van der Waals surface area contributed by atoms with E-state index in [0.29, 0.717) is 12.6 Å². The largest absolute Gasteiger partial charge is 0.391 e. The number of anilines is 1. The van der Waals surface area contributed by atoms with Crippen molar-refractivity contribution in [3.63, 3.8) is 0 Å². The first kappa shape index (κ1) is 11.7. The van der Waals surface area contributed by atoms with E-state index in [1.807, 2.05) is 24.3 Å². The van der Waals surface area contributed by atoms with Crippen LogP contribution in [0, 0.1) is 0 Å². The molecule has 1 aliphatic carbocycles. The summed E-state index contributed by atoms with van der Waals surface area (Å²) in [6.07, 6.45) is 2.30. The topological polar surface area (TPSA) is 52.6 Å². The highest BCUT2D eigenvalue weighted by molar-refractivity contribution is 5.96. The zero-order chi connectivity index (χ0) is 12.5. The lowest BCUT2D eigenvalue weighted by Gasteiger charge is -2.16. The van der Waals surface area contributed by atoms with Crippen LogP contribution in [-0.4, -0.2) is 29.7 Å². The molecule has 4 heteroatoms. The number of rotatable bonds is 4. The monoisotopic (exact) mass is 246 g/mol. The molecule has 1 aromatic rings. The predicted octanol–water partition coefficient (Wildman–Crippen LogP) is 1.04. The maximum Gasteiger partial charge on any atom is 0.229 e. The second-order valence-corrected chi connectivity index (χ2v) is 5.18. The van der Waals surface area contributed by atoms with Crippen molar-refractivity contribution in [2.45, 2.75) is 38.0 Å². The SMILES string of the molecule is O=C1CC(O)CN1c1ccc(CNC2CC2)cc1. The van der Waals surface area contributed by atoms with Crippen molar-refractivity contribution < 1.29 is 9.90 Å². The summed E-state index contributed by atoms with van der Waals surface area (Å²) in [5, 5.41) is 12.9. The summed E-state index contributed by atoms with van der Waals surface area (Å²) in [4.78, 5) is 13.3. The minimum absolute atomic E-state index is 0.00588. The molecule has 3 rings (SSSR count). The van der Waals surface area contributed by atoms with Gasteiger partial charge in [0.2, 0.25) is 5.91 Å². The van der Waals surface area contributed by atoms with Crippen LogP contribution in [0.4, 0.5) is 5.69 Å². The van der Waals surface area contributed by atoms with Gasteiger partial charge >= 0.3 is 0 Å². The van der Waals surface area contributed by atoms with E-state index in [2.05, 4.69) is 5.32 Å². The molecule has 1 aromatic carbocycles. The van der Waals surface area contributed by atoms with Crippen LogP contribution in [0.25, 0.3) is 0 Å². The molecule has 1 saturated carbocycles. The fourth-order valence-electron chi connectivity index (χ4n) is 2.28. The highest BCUT2D eigenvalue weighted by Gasteiger charge is 2.28. The molecule has 0 aromatic heterocycles. The van der Waals surface area contributed by atoms with Crippen molar-refractivity contribution in [1.29, 1.82) is 0 Å². The van der Waals surface area contributed by atoms with Gasteiger partial charge in [-0.05, 0) is 30.5 Å². The molecule has 2 N–H and O–H groups in total. The summed E-state index contributed by atoms with van der Waals surface area (Å²) < 4.78 is 0. The van der Waals surface area contributed by atoms with Gasteiger partial charge < -0.3 is 15.3 Å². The van der Waals surface area contributed by atoms with Gasteiger partial charge in [0.25, 0.3) is 0 Å². The Morgan fingerprint density at radius 2 is 2.00 bits per heavy atom. The van der Waals surface area contributed by atoms with E-state index in [9.17, 15) is 9.90 Å². The average Bonchev–Trinajstić information content (AvgIpc) is 3.13. The van der Waals surface area contributed by atoms with Crippen molar-refractivity contribution in [2.24, 2.45) is 0 Å². The lowest BCUT2D eigenvalue weighted by atomic mass is 10.2. The number of amides is 1. The lowest BCUT2D eigenvalue weighted by molar-refractivity contribution is -0.117. The second kappa shape index (κ2) is 4.71. The zero-order valence-electron chi connectivity index (χ0n) is 10.3. The Balaban J connectivity index is 1.64. The molecule has 2 fully saturated rings. The van der Waals surface area contributed by atoms with Gasteiger partial charge in [-0.1, -0.05) is 12.1 Å². The summed E-state index contributed by atoms with van der Waals surface area (Å²) in [5.74, 6) is 0.00588. The van der Waals surface area contributed by atoms with E-state index in [0.717, 1.165) is 12.2 Å². The number of carbonyl (C=O) groups is 1. The summed E-state index contributed by atoms with van der Waals surface area (Å²) in [5.41, 5.74) is 2.12. The Bertz CT molecular complexity index is 440. The third-order valence-corrected chi connectivity index (χ3v) is 3.52. The smallest absolute Gasteiger partial charge is 0.229 e. The molecular formula is C14H18N2O2. The van der Waals surface area contributed by atoms with Gasteiger partial charge in [0, 0.05) is 18.3 Å². The van der Waals surface area contributed by atoms with Crippen molar-refractivity contribution >= 4 is 11.6 Å². The summed E-state index contributed by atoms with van der Waals surface area (Å²) in [6.45, 7) is 1.31. The van der Waals surface area contributed by atoms with E-state index < -0.39 is 6.10 Å². The van der Waals surface area contributed by atoms with Gasteiger partial charge in [0.1, 0.15) is 0 Å². The third kappa shape index (κ3) is 2.54. The van der Waals surface area contributed by atoms with Gasteiger partial charge in [-0.15, -0.1) is 0 Å². The number of aliphatic hydroxyl groups excluding tert-OH is 1. The predicted molar refractivity (Wildman–Crippen MR) is 69.3 cm³/mol. The molecule has 1 atom stereocenters. The lowest BCUT2D eigenvalue weighted by Crippen LogP contribution is -2.25. The van der Waals surface area contributed by atoms with E-state index in [1.165, 1.54) is 18.4 Å². The van der Waals surface area contributed by atoms with E-state index in [-0.39, 0.29) is 12.3 Å². The van der Waals surface area contributed by atoms with Crippen molar-refractivity contribution in [1.82, 2.24) is 5.32 Å². The maximum absolute atomic E-state index is 11.6. The summed E-state index contributed by atoms with van der Waals surface area (Å²) in [7, 11) is 0. The molecule has 1 saturated heterocycles. The second-order valence-electron chi connectivity index (χ2n) is 5.18. The highest BCUT2D eigenvalue weighted by Crippen LogP contribution is 2.23. The van der Waals surface area contributed by atoms with Crippen LogP contribution in [0.15, 0.2) is 24.3 Å². The highest BCUT2D eigenvalue weighted by atomic mass is 16.3. The van der Waals surface area contributed by atoms with Crippen LogP contribution < -0.4 is 10.2 Å². The first-order chi connectivity index (χ1) is 8.72. The van der Waals surface area contributed by atoms with Gasteiger partial charge in [-0.3, -0.25) is 4.79 Å². The number of aliphatic hydroxyl groups is 1. The Morgan fingerprint density at radius 1 is 1.28 bits per heavy atom. The molecule has 2 aliphatic rings. The van der Waals surface area contributed by atoms with Gasteiger partial charge in [0.15, 0.2) is 0 Å². The fourth-order valence-corrected chi connectivity index (χ4v) is 2.28. The fraction of sp³-hybridized carbons (Fsp3) is 0.500. The first-order valence-electron chi connectivity index (χ1n) is 6.53. The number of hydrogen-bond donors (Lipinski definition) is 2. The van der Waals surface area contributed by atoms with Gasteiger partial charge in [-0.2, -0.15) is 0 Å². The molecule has 0 bridgehead atoms. The summed E-state index contributed by atoms with van der Waals surface area (Å²) >= 11 is 0. The molecule has 18 heavy (non-hydrogen) atoms. The molecule has 96 valence electrons. The molecule has 4 nitrogen and oxygen atoms in total. The number of nitrogens with one attached hydrogen (secondary N) is 1. The Hall–Kier alpha value is -1.39. The normalized spacial score (nSPS) is 23.7. The minimum Gasteiger partial charge on any atom is -0.391 e. The van der Waals surface area contributed by atoms with Crippen molar-refractivity contribution in [3.8, 4) is 0 Å². The number of hydrogen-bond acceptors (Lipinski definition) is 3. The van der Waals surface area contributed by atoms with Crippen LogP contribution in [0.3, 0.4) is 0 Å². The average molecular weight is 246 g/mol. The van der Waals surface area contributed by atoms with Crippen molar-refractivity contribution in [3.05, 3.63) is 29.8 Å². The van der Waals surface area contributed by atoms with Crippen LogP contribution in [0.5, 0.6) is 0 Å². The van der Waals surface area contributed by atoms with Crippen LogP contribution in [0.1, 0.15) is 24.8 Å². The number of carbonyl (C=O) groups excluding carboxylic acids is 1.